The lowest BCUT2D eigenvalue weighted by Gasteiger charge is -2.18. The van der Waals surface area contributed by atoms with Crippen LogP contribution in [0.15, 0.2) is 21.6 Å². The molecule has 0 aliphatic carbocycles. The second-order valence-corrected chi connectivity index (χ2v) is 6.59. The van der Waals surface area contributed by atoms with Gasteiger partial charge >= 0.3 is 5.69 Å². The molecular formula is C12H14BrN5O2S. The van der Waals surface area contributed by atoms with Gasteiger partial charge in [0.2, 0.25) is 11.6 Å². The first-order chi connectivity index (χ1) is 10.0. The molecular weight excluding hydrogens is 358 g/mol. The average Bonchev–Trinajstić information content (AvgIpc) is 2.84. The maximum absolute atomic E-state index is 11.3. The van der Waals surface area contributed by atoms with Crippen LogP contribution < -0.4 is 10.2 Å². The molecule has 9 heteroatoms. The molecule has 0 saturated heterocycles. The molecule has 0 fully saturated rings. The molecule has 2 aromatic heterocycles. The van der Waals surface area contributed by atoms with Crippen molar-refractivity contribution in [3.8, 4) is 0 Å². The number of hydrogen-bond acceptors (Lipinski definition) is 7. The van der Waals surface area contributed by atoms with Gasteiger partial charge in [-0.25, -0.2) is 9.97 Å². The summed E-state index contributed by atoms with van der Waals surface area (Å²) in [4.78, 5) is 20.6. The van der Waals surface area contributed by atoms with E-state index in [0.717, 1.165) is 9.35 Å². The van der Waals surface area contributed by atoms with E-state index in [1.54, 1.807) is 23.3 Å². The molecule has 21 heavy (non-hydrogen) atoms. The van der Waals surface area contributed by atoms with E-state index in [0.29, 0.717) is 18.9 Å². The Morgan fingerprint density at radius 3 is 2.86 bits per heavy atom. The van der Waals surface area contributed by atoms with Gasteiger partial charge in [0.05, 0.1) is 8.71 Å². The van der Waals surface area contributed by atoms with Crippen molar-refractivity contribution in [2.24, 2.45) is 0 Å². The fourth-order valence-corrected chi connectivity index (χ4v) is 3.09. The van der Waals surface area contributed by atoms with Gasteiger partial charge in [-0.15, -0.1) is 11.3 Å². The molecule has 0 aliphatic rings. The third-order valence-corrected chi connectivity index (χ3v) is 4.29. The Kier molecular flexibility index (Phi) is 5.07. The second-order valence-electron chi connectivity index (χ2n) is 4.30. The number of rotatable bonds is 6. The molecule has 0 bridgehead atoms. The van der Waals surface area contributed by atoms with Crippen LogP contribution in [0.3, 0.4) is 0 Å². The molecule has 0 saturated carbocycles. The van der Waals surface area contributed by atoms with Crippen LogP contribution in [0.2, 0.25) is 0 Å². The lowest BCUT2D eigenvalue weighted by Crippen LogP contribution is -2.20. The Morgan fingerprint density at radius 2 is 2.29 bits per heavy atom. The van der Waals surface area contributed by atoms with Crippen LogP contribution in [0.25, 0.3) is 0 Å². The molecule has 0 aromatic carbocycles. The van der Waals surface area contributed by atoms with Gasteiger partial charge < -0.3 is 10.2 Å². The summed E-state index contributed by atoms with van der Waals surface area (Å²) >= 11 is 4.98. The van der Waals surface area contributed by atoms with E-state index in [-0.39, 0.29) is 11.5 Å². The van der Waals surface area contributed by atoms with Crippen molar-refractivity contribution >= 4 is 44.6 Å². The predicted octanol–water partition coefficient (Wildman–Crippen LogP) is 3.28. The number of nitrogens with one attached hydrogen (secondary N) is 1. The Morgan fingerprint density at radius 1 is 1.52 bits per heavy atom. The zero-order valence-corrected chi connectivity index (χ0v) is 13.9. The van der Waals surface area contributed by atoms with Gasteiger partial charge in [-0.05, 0) is 39.9 Å². The number of halogens is 1. The zero-order valence-electron chi connectivity index (χ0n) is 11.5. The minimum absolute atomic E-state index is 0.101. The Balaban J connectivity index is 2.33. The maximum Gasteiger partial charge on any atom is 0.353 e. The van der Waals surface area contributed by atoms with Crippen LogP contribution in [0.4, 0.5) is 17.3 Å². The normalized spacial score (nSPS) is 10.4. The summed E-state index contributed by atoms with van der Waals surface area (Å²) in [7, 11) is 1.77. The van der Waals surface area contributed by atoms with Crippen molar-refractivity contribution in [2.75, 3.05) is 23.8 Å². The van der Waals surface area contributed by atoms with Gasteiger partial charge in [0.15, 0.2) is 0 Å². The van der Waals surface area contributed by atoms with Crippen molar-refractivity contribution in [1.82, 2.24) is 9.97 Å². The quantitative estimate of drug-likeness (QED) is 0.619. The summed E-state index contributed by atoms with van der Waals surface area (Å²) < 4.78 is 1.02. The lowest BCUT2D eigenvalue weighted by atomic mass is 10.3. The van der Waals surface area contributed by atoms with Gasteiger partial charge in [-0.3, -0.25) is 10.1 Å². The molecule has 0 atom stereocenters. The number of hydrogen-bond donors (Lipinski definition) is 1. The zero-order chi connectivity index (χ0) is 15.4. The van der Waals surface area contributed by atoms with Crippen molar-refractivity contribution in [3.05, 3.63) is 37.2 Å². The van der Waals surface area contributed by atoms with Gasteiger partial charge in [0.1, 0.15) is 6.33 Å². The summed E-state index contributed by atoms with van der Waals surface area (Å²) in [5.41, 5.74) is 0.962. The molecule has 112 valence electrons. The number of thiophene rings is 1. The molecule has 0 spiro atoms. The Bertz CT molecular complexity index is 648. The van der Waals surface area contributed by atoms with Crippen molar-refractivity contribution < 1.29 is 4.92 Å². The average molecular weight is 372 g/mol. The lowest BCUT2D eigenvalue weighted by molar-refractivity contribution is -0.383. The summed E-state index contributed by atoms with van der Waals surface area (Å²) in [6.07, 6.45) is 1.33. The highest BCUT2D eigenvalue weighted by Gasteiger charge is 2.25. The largest absolute Gasteiger partial charge is 0.364 e. The first kappa shape index (κ1) is 15.6. The fourth-order valence-electron chi connectivity index (χ4n) is 1.89. The van der Waals surface area contributed by atoms with E-state index >= 15 is 0 Å². The van der Waals surface area contributed by atoms with Gasteiger partial charge in [-0.1, -0.05) is 0 Å². The van der Waals surface area contributed by atoms with Gasteiger partial charge in [0.25, 0.3) is 0 Å². The molecule has 0 amide bonds. The Hall–Kier alpha value is -1.74. The number of nitrogens with zero attached hydrogens (tertiary/aromatic N) is 4. The summed E-state index contributed by atoms with van der Waals surface area (Å²) in [5.74, 6) is 0.541. The maximum atomic E-state index is 11.3. The van der Waals surface area contributed by atoms with Crippen molar-refractivity contribution in [2.45, 2.75) is 13.5 Å². The summed E-state index contributed by atoms with van der Waals surface area (Å²) in [6, 6.07) is 1.99. The molecule has 0 unspecified atom stereocenters. The second kappa shape index (κ2) is 6.81. The minimum atomic E-state index is -0.451. The smallest absolute Gasteiger partial charge is 0.353 e. The minimum Gasteiger partial charge on any atom is -0.364 e. The monoisotopic (exact) mass is 371 g/mol. The molecule has 2 aromatic rings. The third-order valence-electron chi connectivity index (χ3n) is 2.73. The first-order valence-corrected chi connectivity index (χ1v) is 7.87. The topological polar surface area (TPSA) is 84.2 Å². The van der Waals surface area contributed by atoms with E-state index in [9.17, 15) is 10.1 Å². The number of anilines is 2. The van der Waals surface area contributed by atoms with Gasteiger partial charge in [-0.2, -0.15) is 0 Å². The van der Waals surface area contributed by atoms with E-state index in [4.69, 9.17) is 0 Å². The van der Waals surface area contributed by atoms with Crippen LogP contribution in [0.1, 0.15) is 12.5 Å². The van der Waals surface area contributed by atoms with Crippen LogP contribution in [-0.4, -0.2) is 28.5 Å². The molecule has 0 radical (unpaired) electrons. The predicted molar refractivity (Wildman–Crippen MR) is 87.0 cm³/mol. The van der Waals surface area contributed by atoms with Crippen LogP contribution in [-0.2, 0) is 6.54 Å². The molecule has 2 heterocycles. The standard InChI is InChI=1S/C12H14BrN5O2S/c1-3-14-11-10(18(19)20)12(16-7-15-11)17(2)5-8-4-9(13)21-6-8/h4,6-7H,3,5H2,1-2H3,(H,14,15,16). The highest BCUT2D eigenvalue weighted by Crippen LogP contribution is 2.32. The first-order valence-electron chi connectivity index (χ1n) is 6.20. The van der Waals surface area contributed by atoms with Crippen LogP contribution >= 0.6 is 27.3 Å². The highest BCUT2D eigenvalue weighted by molar-refractivity contribution is 9.11. The number of nitro groups is 1. The Labute approximate surface area is 134 Å². The number of aromatic nitrogens is 2. The summed E-state index contributed by atoms with van der Waals surface area (Å²) in [6.45, 7) is 2.95. The van der Waals surface area contributed by atoms with Crippen LogP contribution in [0.5, 0.6) is 0 Å². The van der Waals surface area contributed by atoms with Crippen molar-refractivity contribution in [3.63, 3.8) is 0 Å². The van der Waals surface area contributed by atoms with Crippen molar-refractivity contribution in [1.29, 1.82) is 0 Å². The van der Waals surface area contributed by atoms with E-state index in [1.807, 2.05) is 18.4 Å². The highest BCUT2D eigenvalue weighted by atomic mass is 79.9. The SMILES string of the molecule is CCNc1ncnc(N(C)Cc2csc(Br)c2)c1[N+](=O)[O-]. The molecule has 1 N–H and O–H groups in total. The van der Waals surface area contributed by atoms with E-state index in [1.165, 1.54) is 6.33 Å². The van der Waals surface area contributed by atoms with Gasteiger partial charge in [0, 0.05) is 20.1 Å². The molecule has 0 aliphatic heterocycles. The molecule has 2 rings (SSSR count). The molecule has 7 nitrogen and oxygen atoms in total. The van der Waals surface area contributed by atoms with E-state index in [2.05, 4.69) is 31.2 Å². The fraction of sp³-hybridized carbons (Fsp3) is 0.333. The summed E-state index contributed by atoms with van der Waals surface area (Å²) in [5, 5.41) is 16.2. The third kappa shape index (κ3) is 3.67. The van der Waals surface area contributed by atoms with Crippen LogP contribution in [0, 0.1) is 10.1 Å². The van der Waals surface area contributed by atoms with E-state index < -0.39 is 4.92 Å².